The smallest absolute Gasteiger partial charge is 0.260 e. The van der Waals surface area contributed by atoms with Gasteiger partial charge in [-0.3, -0.25) is 9.89 Å². The lowest BCUT2D eigenvalue weighted by atomic mass is 10.2. The molecule has 0 fully saturated rings. The molecule has 0 unspecified atom stereocenters. The number of rotatable bonds is 5. The minimum atomic E-state index is -0.239. The van der Waals surface area contributed by atoms with Gasteiger partial charge in [0.2, 0.25) is 0 Å². The Kier molecular flexibility index (Phi) is 4.46. The number of anilines is 1. The monoisotopic (exact) mass is 345 g/mol. The van der Waals surface area contributed by atoms with Crippen LogP contribution in [0, 0.1) is 11.3 Å². The Morgan fingerprint density at radius 1 is 1.43 bits per heavy atom. The molecule has 2 N–H and O–H groups in total. The third-order valence-electron chi connectivity index (χ3n) is 3.20. The summed E-state index contributed by atoms with van der Waals surface area (Å²) in [5.74, 6) is 0.708. The first-order chi connectivity index (χ1) is 11.2. The largest absolute Gasteiger partial charge is 0.366 e. The second-order valence-corrected chi connectivity index (χ2v) is 6.54. The maximum Gasteiger partial charge on any atom is 0.260 e. The summed E-state index contributed by atoms with van der Waals surface area (Å²) in [6.45, 7) is 0.633. The lowest BCUT2D eigenvalue weighted by Crippen LogP contribution is -2.20. The molecule has 0 saturated carbocycles. The summed E-state index contributed by atoms with van der Waals surface area (Å²) in [7, 11) is 0. The molecule has 3 aromatic rings. The zero-order chi connectivity index (χ0) is 16.2. The molecule has 0 aliphatic rings. The Morgan fingerprint density at radius 2 is 2.30 bits per heavy atom. The maximum atomic E-state index is 12.3. The van der Waals surface area contributed by atoms with Crippen molar-refractivity contribution in [3.05, 3.63) is 56.1 Å². The first-order valence-electron chi connectivity index (χ1n) is 6.77. The number of aromatic nitrogens is 3. The molecule has 3 heterocycles. The van der Waals surface area contributed by atoms with E-state index in [2.05, 4.69) is 15.5 Å². The summed E-state index contributed by atoms with van der Waals surface area (Å²) >= 11 is 7.40. The van der Waals surface area contributed by atoms with E-state index in [0.717, 1.165) is 9.21 Å². The van der Waals surface area contributed by atoms with Gasteiger partial charge < -0.3 is 9.88 Å². The Morgan fingerprint density at radius 3 is 3.04 bits per heavy atom. The molecule has 0 bridgehead atoms. The van der Waals surface area contributed by atoms with E-state index >= 15 is 0 Å². The first-order valence-corrected chi connectivity index (χ1v) is 7.97. The molecule has 0 saturated heterocycles. The fourth-order valence-electron chi connectivity index (χ4n) is 2.11. The van der Waals surface area contributed by atoms with Crippen LogP contribution in [0.4, 0.5) is 5.82 Å². The zero-order valence-corrected chi connectivity index (χ0v) is 13.5. The van der Waals surface area contributed by atoms with Gasteiger partial charge in [0.1, 0.15) is 12.4 Å². The van der Waals surface area contributed by atoms with E-state index in [1.165, 1.54) is 15.9 Å². The van der Waals surface area contributed by atoms with E-state index < -0.39 is 0 Å². The minimum absolute atomic E-state index is 0.0152. The molecule has 8 heteroatoms. The molecule has 0 spiro atoms. The standard InChI is InChI=1S/C15H12ClN5OS/c16-13-4-3-10(23-13)9-18-14-8-12(19-20-14)11-2-1-6-21(7-5-17)15(11)22/h1-4,6,8H,7,9H2,(H2,18,19,20). The molecule has 3 aromatic heterocycles. The topological polar surface area (TPSA) is 86.5 Å². The maximum absolute atomic E-state index is 12.3. The first kappa shape index (κ1) is 15.3. The number of nitriles is 1. The van der Waals surface area contributed by atoms with Crippen LogP contribution < -0.4 is 10.9 Å². The highest BCUT2D eigenvalue weighted by Gasteiger charge is 2.10. The number of nitrogens with one attached hydrogen (secondary N) is 2. The van der Waals surface area contributed by atoms with E-state index in [-0.39, 0.29) is 12.1 Å². The van der Waals surface area contributed by atoms with Crippen LogP contribution in [0.2, 0.25) is 4.34 Å². The second-order valence-electron chi connectivity index (χ2n) is 4.74. The van der Waals surface area contributed by atoms with Crippen LogP contribution in [0.25, 0.3) is 11.3 Å². The molecular formula is C15H12ClN5OS. The number of aromatic amines is 1. The van der Waals surface area contributed by atoms with Gasteiger partial charge in [-0.25, -0.2) is 0 Å². The Hall–Kier alpha value is -2.56. The van der Waals surface area contributed by atoms with Gasteiger partial charge in [-0.05, 0) is 24.3 Å². The molecule has 0 aliphatic heterocycles. The predicted molar refractivity (Wildman–Crippen MR) is 90.6 cm³/mol. The highest BCUT2D eigenvalue weighted by molar-refractivity contribution is 7.16. The molecular weight excluding hydrogens is 334 g/mol. The zero-order valence-electron chi connectivity index (χ0n) is 11.9. The third-order valence-corrected chi connectivity index (χ3v) is 4.43. The van der Waals surface area contributed by atoms with E-state index in [9.17, 15) is 4.79 Å². The van der Waals surface area contributed by atoms with Crippen LogP contribution in [0.3, 0.4) is 0 Å². The second kappa shape index (κ2) is 6.69. The number of pyridine rings is 1. The Bertz CT molecular complexity index is 920. The van der Waals surface area contributed by atoms with Gasteiger partial charge in [0.15, 0.2) is 0 Å². The molecule has 0 aliphatic carbocycles. The van der Waals surface area contributed by atoms with E-state index in [4.69, 9.17) is 16.9 Å². The third kappa shape index (κ3) is 3.44. The van der Waals surface area contributed by atoms with Crippen molar-refractivity contribution in [1.29, 1.82) is 5.26 Å². The van der Waals surface area contributed by atoms with E-state index in [1.807, 2.05) is 18.2 Å². The highest BCUT2D eigenvalue weighted by Crippen LogP contribution is 2.22. The average Bonchev–Trinajstić information content (AvgIpc) is 3.16. The van der Waals surface area contributed by atoms with Crippen molar-refractivity contribution in [1.82, 2.24) is 14.8 Å². The van der Waals surface area contributed by atoms with Crippen LogP contribution in [-0.2, 0) is 13.1 Å². The molecule has 0 atom stereocenters. The van der Waals surface area contributed by atoms with Gasteiger partial charge in [-0.1, -0.05) is 11.6 Å². The van der Waals surface area contributed by atoms with Gasteiger partial charge >= 0.3 is 0 Å². The number of nitrogens with zero attached hydrogens (tertiary/aromatic N) is 3. The number of hydrogen-bond donors (Lipinski definition) is 2. The van der Waals surface area contributed by atoms with Crippen molar-refractivity contribution in [3.63, 3.8) is 0 Å². The number of thiophene rings is 1. The van der Waals surface area contributed by atoms with Crippen LogP contribution in [-0.4, -0.2) is 14.8 Å². The molecule has 116 valence electrons. The summed E-state index contributed by atoms with van der Waals surface area (Å²) < 4.78 is 2.10. The van der Waals surface area contributed by atoms with Crippen LogP contribution in [0.1, 0.15) is 4.88 Å². The van der Waals surface area contributed by atoms with Gasteiger partial charge in [0.25, 0.3) is 5.56 Å². The van der Waals surface area contributed by atoms with E-state index in [1.54, 1.807) is 24.4 Å². The summed E-state index contributed by atoms with van der Waals surface area (Å²) in [5.41, 5.74) is 0.748. The Balaban J connectivity index is 1.78. The fourth-order valence-corrected chi connectivity index (χ4v) is 3.14. The van der Waals surface area contributed by atoms with Crippen molar-refractivity contribution >= 4 is 28.8 Å². The Labute approximate surface area is 141 Å². The minimum Gasteiger partial charge on any atom is -0.366 e. The van der Waals surface area contributed by atoms with Gasteiger partial charge in [-0.15, -0.1) is 11.3 Å². The van der Waals surface area contributed by atoms with Gasteiger partial charge in [0, 0.05) is 17.1 Å². The molecule has 0 radical (unpaired) electrons. The van der Waals surface area contributed by atoms with Crippen LogP contribution >= 0.6 is 22.9 Å². The van der Waals surface area contributed by atoms with Gasteiger partial charge in [0.05, 0.1) is 28.2 Å². The molecule has 6 nitrogen and oxygen atoms in total. The molecule has 0 aromatic carbocycles. The SMILES string of the molecule is N#CCn1cccc(-c2cc(NCc3ccc(Cl)s3)[nH]n2)c1=O. The van der Waals surface area contributed by atoms with Crippen molar-refractivity contribution in [3.8, 4) is 17.3 Å². The van der Waals surface area contributed by atoms with Crippen LogP contribution in [0.15, 0.2) is 41.3 Å². The summed E-state index contributed by atoms with van der Waals surface area (Å²) in [4.78, 5) is 13.4. The molecule has 0 amide bonds. The van der Waals surface area contributed by atoms with Crippen molar-refractivity contribution in [2.24, 2.45) is 0 Å². The predicted octanol–water partition coefficient (Wildman–Crippen LogP) is 3.09. The average molecular weight is 346 g/mol. The fraction of sp³-hybridized carbons (Fsp3) is 0.133. The highest BCUT2D eigenvalue weighted by atomic mass is 35.5. The molecule has 3 rings (SSSR count). The lowest BCUT2D eigenvalue weighted by Gasteiger charge is -2.01. The quantitative estimate of drug-likeness (QED) is 0.744. The number of halogens is 1. The van der Waals surface area contributed by atoms with Crippen molar-refractivity contribution in [2.75, 3.05) is 5.32 Å². The molecule has 23 heavy (non-hydrogen) atoms. The van der Waals surface area contributed by atoms with Crippen LogP contribution in [0.5, 0.6) is 0 Å². The normalized spacial score (nSPS) is 10.4. The lowest BCUT2D eigenvalue weighted by molar-refractivity contribution is 0.789. The number of H-pyrrole nitrogens is 1. The van der Waals surface area contributed by atoms with Crippen molar-refractivity contribution < 1.29 is 0 Å². The van der Waals surface area contributed by atoms with Crippen molar-refractivity contribution in [2.45, 2.75) is 13.1 Å². The van der Waals surface area contributed by atoms with E-state index in [0.29, 0.717) is 23.6 Å². The summed E-state index contributed by atoms with van der Waals surface area (Å²) in [6.07, 6.45) is 1.58. The summed E-state index contributed by atoms with van der Waals surface area (Å²) in [5, 5.41) is 19.0. The summed E-state index contributed by atoms with van der Waals surface area (Å²) in [6, 6.07) is 10.9. The number of hydrogen-bond acceptors (Lipinski definition) is 5. The van der Waals surface area contributed by atoms with Gasteiger partial charge in [-0.2, -0.15) is 10.4 Å².